The van der Waals surface area contributed by atoms with Gasteiger partial charge in [0.05, 0.1) is 16.8 Å². The molecule has 1 aromatic heterocycles. The maximum absolute atomic E-state index is 2.53. The fourth-order valence-electron chi connectivity index (χ4n) is 11.1. The van der Waals surface area contributed by atoms with Crippen molar-refractivity contribution in [2.45, 2.75) is 5.41 Å². The molecule has 0 N–H and O–H groups in total. The summed E-state index contributed by atoms with van der Waals surface area (Å²) in [6.45, 7) is 0. The summed E-state index contributed by atoms with van der Waals surface area (Å²) in [6.07, 6.45) is 0. The van der Waals surface area contributed by atoms with Gasteiger partial charge in [0, 0.05) is 37.0 Å². The number of anilines is 3. The molecular formula is C65H43NS. The summed E-state index contributed by atoms with van der Waals surface area (Å²) in [5.74, 6) is 0. The average molecular weight is 870 g/mol. The highest BCUT2D eigenvalue weighted by molar-refractivity contribution is 7.25. The summed E-state index contributed by atoms with van der Waals surface area (Å²) in [5, 5.41) is 5.11. The van der Waals surface area contributed by atoms with Crippen LogP contribution in [0.2, 0.25) is 0 Å². The summed E-state index contributed by atoms with van der Waals surface area (Å²) in [6, 6.07) is 96.3. The summed E-state index contributed by atoms with van der Waals surface area (Å²) < 4.78 is 2.59. The molecule has 1 aliphatic rings. The van der Waals surface area contributed by atoms with Crippen LogP contribution in [0.25, 0.3) is 75.5 Å². The van der Waals surface area contributed by atoms with E-state index in [2.05, 4.69) is 266 Å². The van der Waals surface area contributed by atoms with E-state index < -0.39 is 5.41 Å². The molecule has 11 aromatic carbocycles. The molecule has 0 aliphatic heterocycles. The molecule has 0 fully saturated rings. The predicted molar refractivity (Wildman–Crippen MR) is 285 cm³/mol. The van der Waals surface area contributed by atoms with Crippen molar-refractivity contribution in [1.29, 1.82) is 0 Å². The third-order valence-electron chi connectivity index (χ3n) is 14.0. The minimum atomic E-state index is -0.529. The van der Waals surface area contributed by atoms with Crippen LogP contribution in [0.3, 0.4) is 0 Å². The van der Waals surface area contributed by atoms with Gasteiger partial charge in [0.2, 0.25) is 0 Å². The van der Waals surface area contributed by atoms with E-state index >= 15 is 0 Å². The molecule has 0 saturated heterocycles. The molecule has 0 saturated carbocycles. The number of rotatable bonds is 8. The van der Waals surface area contributed by atoms with Crippen molar-refractivity contribution in [2.75, 3.05) is 4.90 Å². The normalized spacial score (nSPS) is 12.6. The lowest BCUT2D eigenvalue weighted by atomic mass is 9.68. The van der Waals surface area contributed by atoms with Gasteiger partial charge in [0.1, 0.15) is 0 Å². The smallest absolute Gasteiger partial charge is 0.0714 e. The van der Waals surface area contributed by atoms with E-state index in [0.29, 0.717) is 0 Å². The Labute approximate surface area is 395 Å². The van der Waals surface area contributed by atoms with Crippen LogP contribution < -0.4 is 4.90 Å². The molecule has 0 radical (unpaired) electrons. The van der Waals surface area contributed by atoms with Gasteiger partial charge in [0.25, 0.3) is 0 Å². The van der Waals surface area contributed by atoms with Crippen LogP contribution in [-0.2, 0) is 5.41 Å². The van der Waals surface area contributed by atoms with Crippen molar-refractivity contribution in [1.82, 2.24) is 0 Å². The highest BCUT2D eigenvalue weighted by Crippen LogP contribution is 2.60. The SMILES string of the molecule is c1ccc(C2(c3ccccc3)c3ccccc3-c3c(N(c4ccc(-c5ccc(-c6cccc7ccccc67)cc5)cc4)c4ccccc4-c4cccc5sc6ccccc6c45)cccc32)cc1. The lowest BCUT2D eigenvalue weighted by Gasteiger charge is -2.34. The van der Waals surface area contributed by atoms with Gasteiger partial charge in [-0.05, 0) is 103 Å². The molecule has 0 bridgehead atoms. The molecule has 314 valence electrons. The maximum atomic E-state index is 2.53. The zero-order valence-electron chi connectivity index (χ0n) is 36.7. The van der Waals surface area contributed by atoms with Crippen LogP contribution in [-0.4, -0.2) is 0 Å². The van der Waals surface area contributed by atoms with E-state index in [1.807, 2.05) is 11.3 Å². The van der Waals surface area contributed by atoms with Gasteiger partial charge >= 0.3 is 0 Å². The standard InChI is InChI=1S/C65H43NS/c1-3-20-48(21-4-1)65(49-22-5-2-6-23-49)57-30-12-9-26-55(57)64-58(65)31-17-33-60(64)66(59-32-13-10-25-53(59)54-29-16-35-62-63(54)56-27-11-14-34-61(56)67-62)50-42-40-45(41-43-50)44-36-38-47(39-37-44)52-28-15-19-46-18-7-8-24-51(46)52/h1-43H. The molecule has 0 amide bonds. The van der Waals surface area contributed by atoms with Gasteiger partial charge in [-0.15, -0.1) is 11.3 Å². The fraction of sp³-hybridized carbons (Fsp3) is 0.0154. The van der Waals surface area contributed by atoms with E-state index in [9.17, 15) is 0 Å². The number of para-hydroxylation sites is 1. The first-order valence-corrected chi connectivity index (χ1v) is 23.9. The molecule has 0 atom stereocenters. The second kappa shape index (κ2) is 16.0. The Kier molecular flexibility index (Phi) is 9.33. The Morgan fingerprint density at radius 3 is 1.60 bits per heavy atom. The largest absolute Gasteiger partial charge is 0.309 e. The third-order valence-corrected chi connectivity index (χ3v) is 15.1. The Morgan fingerprint density at radius 1 is 0.313 bits per heavy atom. The van der Waals surface area contributed by atoms with Crippen LogP contribution >= 0.6 is 11.3 Å². The minimum Gasteiger partial charge on any atom is -0.309 e. The predicted octanol–water partition coefficient (Wildman–Crippen LogP) is 18.0. The number of hydrogen-bond acceptors (Lipinski definition) is 2. The van der Waals surface area contributed by atoms with Crippen molar-refractivity contribution >= 4 is 59.3 Å². The molecule has 12 aromatic rings. The molecule has 1 nitrogen and oxygen atoms in total. The maximum Gasteiger partial charge on any atom is 0.0714 e. The van der Waals surface area contributed by atoms with Crippen LogP contribution in [0.15, 0.2) is 261 Å². The summed E-state index contributed by atoms with van der Waals surface area (Å²) in [4.78, 5) is 2.53. The van der Waals surface area contributed by atoms with Crippen molar-refractivity contribution in [3.8, 4) is 44.5 Å². The number of nitrogens with zero attached hydrogens (tertiary/aromatic N) is 1. The van der Waals surface area contributed by atoms with Gasteiger partial charge in [-0.3, -0.25) is 0 Å². The molecule has 13 rings (SSSR count). The zero-order valence-corrected chi connectivity index (χ0v) is 37.5. The Bertz CT molecular complexity index is 3750. The minimum absolute atomic E-state index is 0.529. The summed E-state index contributed by atoms with van der Waals surface area (Å²) in [5.41, 5.74) is 17.6. The van der Waals surface area contributed by atoms with Gasteiger partial charge in [-0.25, -0.2) is 0 Å². The molecular weight excluding hydrogens is 827 g/mol. The van der Waals surface area contributed by atoms with Gasteiger partial charge in [0.15, 0.2) is 0 Å². The molecule has 2 heteroatoms. The highest BCUT2D eigenvalue weighted by atomic mass is 32.1. The Hall–Kier alpha value is -8.30. The van der Waals surface area contributed by atoms with Gasteiger partial charge < -0.3 is 4.90 Å². The number of fused-ring (bicyclic) bond motifs is 7. The number of hydrogen-bond donors (Lipinski definition) is 0. The molecule has 1 aliphatic carbocycles. The molecule has 0 spiro atoms. The van der Waals surface area contributed by atoms with E-state index in [-0.39, 0.29) is 0 Å². The van der Waals surface area contributed by atoms with Crippen LogP contribution in [0.4, 0.5) is 17.1 Å². The van der Waals surface area contributed by atoms with Crippen molar-refractivity contribution in [3.05, 3.63) is 283 Å². The van der Waals surface area contributed by atoms with Crippen molar-refractivity contribution in [2.24, 2.45) is 0 Å². The van der Waals surface area contributed by atoms with Crippen LogP contribution in [0.1, 0.15) is 22.3 Å². The summed E-state index contributed by atoms with van der Waals surface area (Å²) >= 11 is 1.87. The van der Waals surface area contributed by atoms with E-state index in [1.54, 1.807) is 0 Å². The fourth-order valence-corrected chi connectivity index (χ4v) is 12.2. The first kappa shape index (κ1) is 39.1. The zero-order chi connectivity index (χ0) is 44.3. The summed E-state index contributed by atoms with van der Waals surface area (Å²) in [7, 11) is 0. The highest BCUT2D eigenvalue weighted by Gasteiger charge is 2.47. The first-order valence-electron chi connectivity index (χ1n) is 23.1. The van der Waals surface area contributed by atoms with Crippen molar-refractivity contribution < 1.29 is 0 Å². The monoisotopic (exact) mass is 869 g/mol. The average Bonchev–Trinajstić information content (AvgIpc) is 3.94. The Morgan fingerprint density at radius 2 is 0.821 bits per heavy atom. The lowest BCUT2D eigenvalue weighted by molar-refractivity contribution is 0.768. The molecule has 67 heavy (non-hydrogen) atoms. The Balaban J connectivity index is 1.03. The van der Waals surface area contributed by atoms with Crippen LogP contribution in [0.5, 0.6) is 0 Å². The first-order chi connectivity index (χ1) is 33.3. The van der Waals surface area contributed by atoms with Gasteiger partial charge in [-0.2, -0.15) is 0 Å². The number of thiophene rings is 1. The van der Waals surface area contributed by atoms with Crippen molar-refractivity contribution in [3.63, 3.8) is 0 Å². The number of benzene rings is 11. The van der Waals surface area contributed by atoms with Gasteiger partial charge in [-0.1, -0.05) is 224 Å². The third kappa shape index (κ3) is 6.22. The quantitative estimate of drug-likeness (QED) is 0.147. The van der Waals surface area contributed by atoms with E-state index in [0.717, 1.165) is 17.1 Å². The van der Waals surface area contributed by atoms with E-state index in [1.165, 1.54) is 97.7 Å². The molecule has 0 unspecified atom stereocenters. The second-order valence-corrected chi connectivity index (χ2v) is 18.6. The van der Waals surface area contributed by atoms with E-state index in [4.69, 9.17) is 0 Å². The topological polar surface area (TPSA) is 3.24 Å². The second-order valence-electron chi connectivity index (χ2n) is 17.5. The van der Waals surface area contributed by atoms with Crippen LogP contribution in [0, 0.1) is 0 Å². The lowest BCUT2D eigenvalue weighted by Crippen LogP contribution is -2.28. The molecule has 1 heterocycles.